The van der Waals surface area contributed by atoms with Gasteiger partial charge in [0.25, 0.3) is 11.8 Å². The Hall–Kier alpha value is -3.61. The number of rotatable bonds is 5. The summed E-state index contributed by atoms with van der Waals surface area (Å²) in [4.78, 5) is 35.6. The van der Waals surface area contributed by atoms with Crippen molar-refractivity contribution in [1.82, 2.24) is 5.43 Å². The zero-order chi connectivity index (χ0) is 18.7. The Kier molecular flexibility index (Phi) is 4.70. The second kappa shape index (κ2) is 7.10. The molecule has 1 aliphatic rings. The predicted molar refractivity (Wildman–Crippen MR) is 94.2 cm³/mol. The van der Waals surface area contributed by atoms with Crippen molar-refractivity contribution in [3.8, 4) is 5.75 Å². The Balaban J connectivity index is 1.85. The lowest BCUT2D eigenvalue weighted by Gasteiger charge is -2.13. The maximum atomic E-state index is 12.5. The molecule has 0 radical (unpaired) electrons. The fourth-order valence-electron chi connectivity index (χ4n) is 2.42. The normalized spacial score (nSPS) is 16.5. The summed E-state index contributed by atoms with van der Waals surface area (Å²) >= 11 is 0. The van der Waals surface area contributed by atoms with E-state index < -0.39 is 23.9 Å². The van der Waals surface area contributed by atoms with E-state index in [0.29, 0.717) is 17.0 Å². The summed E-state index contributed by atoms with van der Waals surface area (Å²) < 4.78 is 5.30. The largest absolute Gasteiger partial charge is 0.479 e. The van der Waals surface area contributed by atoms with Crippen LogP contribution in [-0.2, 0) is 14.4 Å². The molecule has 0 spiro atoms. The van der Waals surface area contributed by atoms with Crippen LogP contribution < -0.4 is 15.2 Å². The highest BCUT2D eigenvalue weighted by molar-refractivity contribution is 6.31. The maximum Gasteiger partial charge on any atom is 0.344 e. The molecule has 0 bridgehead atoms. The topological polar surface area (TPSA) is 95.9 Å². The van der Waals surface area contributed by atoms with Crippen molar-refractivity contribution in [3.63, 3.8) is 0 Å². The first-order chi connectivity index (χ1) is 12.5. The number of hydrazine groups is 1. The Morgan fingerprint density at radius 1 is 1.15 bits per heavy atom. The van der Waals surface area contributed by atoms with E-state index in [2.05, 4.69) is 5.43 Å². The van der Waals surface area contributed by atoms with E-state index in [0.717, 1.165) is 0 Å². The van der Waals surface area contributed by atoms with Crippen LogP contribution in [-0.4, -0.2) is 29.0 Å². The lowest BCUT2D eigenvalue weighted by molar-refractivity contribution is -0.144. The van der Waals surface area contributed by atoms with Crippen LogP contribution in [0.3, 0.4) is 0 Å². The van der Waals surface area contributed by atoms with Crippen molar-refractivity contribution in [2.75, 3.05) is 5.01 Å². The molecule has 7 heteroatoms. The van der Waals surface area contributed by atoms with Crippen LogP contribution in [0.15, 0.2) is 60.2 Å². The molecule has 7 nitrogen and oxygen atoms in total. The molecule has 2 N–H and O–H groups in total. The number of anilines is 1. The van der Waals surface area contributed by atoms with Crippen molar-refractivity contribution in [1.29, 1.82) is 0 Å². The molecule has 0 aromatic heterocycles. The van der Waals surface area contributed by atoms with E-state index in [1.54, 1.807) is 48.5 Å². The Bertz CT molecular complexity index is 892. The summed E-state index contributed by atoms with van der Waals surface area (Å²) in [5, 5.41) is 10.1. The van der Waals surface area contributed by atoms with Gasteiger partial charge in [-0.2, -0.15) is 0 Å². The molecule has 2 aromatic rings. The molecule has 1 heterocycles. The first kappa shape index (κ1) is 17.2. The molecule has 1 atom stereocenters. The van der Waals surface area contributed by atoms with E-state index in [1.807, 2.05) is 6.07 Å². The highest BCUT2D eigenvalue weighted by atomic mass is 16.5. The van der Waals surface area contributed by atoms with Gasteiger partial charge in [0.15, 0.2) is 6.10 Å². The number of nitrogens with zero attached hydrogens (tertiary/aromatic N) is 1. The van der Waals surface area contributed by atoms with Crippen molar-refractivity contribution in [2.24, 2.45) is 0 Å². The highest BCUT2D eigenvalue weighted by Crippen LogP contribution is 2.22. The number of amides is 2. The Labute approximate surface area is 149 Å². The van der Waals surface area contributed by atoms with Crippen LogP contribution in [0.4, 0.5) is 5.69 Å². The number of hydrogen-bond donors (Lipinski definition) is 2. The number of carboxylic acids is 1. The number of nitrogens with one attached hydrogen (secondary N) is 1. The van der Waals surface area contributed by atoms with Gasteiger partial charge in [0.05, 0.1) is 5.69 Å². The number of para-hydroxylation sites is 1. The lowest BCUT2D eigenvalue weighted by atomic mass is 10.1. The number of ether oxygens (including phenoxy) is 1. The molecule has 2 amide bonds. The number of aliphatic carboxylic acids is 1. The molecule has 2 aromatic carbocycles. The third kappa shape index (κ3) is 3.56. The summed E-state index contributed by atoms with van der Waals surface area (Å²) in [5.41, 5.74) is 3.61. The number of benzene rings is 2. The van der Waals surface area contributed by atoms with Crippen LogP contribution in [0.25, 0.3) is 6.08 Å². The first-order valence-electron chi connectivity index (χ1n) is 7.87. The van der Waals surface area contributed by atoms with E-state index in [1.165, 1.54) is 18.0 Å². The van der Waals surface area contributed by atoms with Crippen molar-refractivity contribution >= 4 is 29.5 Å². The minimum atomic E-state index is -1.09. The van der Waals surface area contributed by atoms with Crippen molar-refractivity contribution in [3.05, 3.63) is 65.7 Å². The van der Waals surface area contributed by atoms with Gasteiger partial charge in [-0.15, -0.1) is 0 Å². The highest BCUT2D eigenvalue weighted by Gasteiger charge is 2.34. The maximum absolute atomic E-state index is 12.5. The fourth-order valence-corrected chi connectivity index (χ4v) is 2.42. The zero-order valence-corrected chi connectivity index (χ0v) is 13.9. The summed E-state index contributed by atoms with van der Waals surface area (Å²) in [5.74, 6) is -1.73. The van der Waals surface area contributed by atoms with Gasteiger partial charge in [-0.3, -0.25) is 15.0 Å². The lowest BCUT2D eigenvalue weighted by Crippen LogP contribution is -2.35. The average molecular weight is 352 g/mol. The zero-order valence-electron chi connectivity index (χ0n) is 13.9. The van der Waals surface area contributed by atoms with Crippen LogP contribution in [0.5, 0.6) is 5.75 Å². The standard InChI is InChI=1S/C19H16N2O5/c1-12(19(24)25)26-15-9-5-6-13(10-15)11-16-17(22)20-21(18(16)23)14-7-3-2-4-8-14/h2-12H,1H3,(H,20,22)(H,24,25). The second-order valence-electron chi connectivity index (χ2n) is 5.65. The summed E-state index contributed by atoms with van der Waals surface area (Å²) in [6, 6.07) is 15.3. The molecule has 3 rings (SSSR count). The van der Waals surface area contributed by atoms with Crippen LogP contribution in [0.2, 0.25) is 0 Å². The van der Waals surface area contributed by atoms with E-state index in [4.69, 9.17) is 9.84 Å². The third-order valence-electron chi connectivity index (χ3n) is 3.74. The molecular formula is C19H16N2O5. The second-order valence-corrected chi connectivity index (χ2v) is 5.65. The first-order valence-corrected chi connectivity index (χ1v) is 7.87. The summed E-state index contributed by atoms with van der Waals surface area (Å²) in [7, 11) is 0. The number of carboxylic acid groups (broad SMARTS) is 1. The Morgan fingerprint density at radius 2 is 1.88 bits per heavy atom. The minimum absolute atomic E-state index is 0.0164. The predicted octanol–water partition coefficient (Wildman–Crippen LogP) is 2.00. The molecule has 0 saturated carbocycles. The molecule has 1 aliphatic heterocycles. The van der Waals surface area contributed by atoms with Gasteiger partial charge in [0.2, 0.25) is 0 Å². The number of hydrogen-bond acceptors (Lipinski definition) is 4. The van der Waals surface area contributed by atoms with Crippen LogP contribution >= 0.6 is 0 Å². The molecule has 0 aliphatic carbocycles. The smallest absolute Gasteiger partial charge is 0.344 e. The van der Waals surface area contributed by atoms with Crippen LogP contribution in [0.1, 0.15) is 12.5 Å². The number of carbonyl (C=O) groups is 3. The SMILES string of the molecule is CC(Oc1cccc(C=C2C(=O)NN(c3ccccc3)C2=O)c1)C(=O)O. The summed E-state index contributed by atoms with van der Waals surface area (Å²) in [6.07, 6.45) is 0.432. The van der Waals surface area contributed by atoms with Crippen molar-refractivity contribution < 1.29 is 24.2 Å². The van der Waals surface area contributed by atoms with Gasteiger partial charge in [-0.1, -0.05) is 30.3 Å². The van der Waals surface area contributed by atoms with E-state index in [9.17, 15) is 14.4 Å². The fraction of sp³-hybridized carbons (Fsp3) is 0.105. The van der Waals surface area contributed by atoms with Crippen LogP contribution in [0, 0.1) is 0 Å². The van der Waals surface area contributed by atoms with Gasteiger partial charge in [-0.05, 0) is 42.8 Å². The van der Waals surface area contributed by atoms with Gasteiger partial charge in [0.1, 0.15) is 11.3 Å². The summed E-state index contributed by atoms with van der Waals surface area (Å²) in [6.45, 7) is 1.42. The number of carbonyl (C=O) groups excluding carboxylic acids is 2. The van der Waals surface area contributed by atoms with E-state index in [-0.39, 0.29) is 5.57 Å². The quantitative estimate of drug-likeness (QED) is 0.634. The Morgan fingerprint density at radius 3 is 2.58 bits per heavy atom. The third-order valence-corrected chi connectivity index (χ3v) is 3.74. The molecule has 1 saturated heterocycles. The minimum Gasteiger partial charge on any atom is -0.479 e. The van der Waals surface area contributed by atoms with E-state index >= 15 is 0 Å². The molecule has 26 heavy (non-hydrogen) atoms. The monoisotopic (exact) mass is 352 g/mol. The molecule has 1 unspecified atom stereocenters. The molecule has 1 fully saturated rings. The van der Waals surface area contributed by atoms with Gasteiger partial charge < -0.3 is 9.84 Å². The van der Waals surface area contributed by atoms with Gasteiger partial charge in [0, 0.05) is 0 Å². The molecular weight excluding hydrogens is 336 g/mol. The molecule has 132 valence electrons. The van der Waals surface area contributed by atoms with Gasteiger partial charge in [-0.25, -0.2) is 9.80 Å². The van der Waals surface area contributed by atoms with Gasteiger partial charge >= 0.3 is 5.97 Å². The average Bonchev–Trinajstić information content (AvgIpc) is 2.91. The van der Waals surface area contributed by atoms with Crippen molar-refractivity contribution in [2.45, 2.75) is 13.0 Å².